The SMILES string of the molecule is CN(C)CCN(C(=O)COc1ccc2ccccc2c1)c1nc2c(F)cc(F)cc2s1. The van der Waals surface area contributed by atoms with E-state index < -0.39 is 11.6 Å². The van der Waals surface area contributed by atoms with Crippen LogP contribution in [0.4, 0.5) is 13.9 Å². The molecule has 160 valence electrons. The van der Waals surface area contributed by atoms with E-state index in [1.165, 1.54) is 11.0 Å². The smallest absolute Gasteiger partial charge is 0.266 e. The maximum atomic E-state index is 14.1. The summed E-state index contributed by atoms with van der Waals surface area (Å²) in [7, 11) is 3.78. The normalized spacial score (nSPS) is 11.4. The molecule has 0 aliphatic carbocycles. The molecule has 4 rings (SSSR count). The number of carbonyl (C=O) groups excluding carboxylic acids is 1. The van der Waals surface area contributed by atoms with Gasteiger partial charge in [-0.1, -0.05) is 41.7 Å². The molecule has 1 heterocycles. The monoisotopic (exact) mass is 441 g/mol. The summed E-state index contributed by atoms with van der Waals surface area (Å²) >= 11 is 1.08. The largest absolute Gasteiger partial charge is 0.484 e. The van der Waals surface area contributed by atoms with Crippen LogP contribution in [0.5, 0.6) is 5.75 Å². The van der Waals surface area contributed by atoms with E-state index in [4.69, 9.17) is 4.74 Å². The number of likely N-dealkylation sites (N-methyl/N-ethyl adjacent to an activating group) is 1. The molecule has 0 atom stereocenters. The van der Waals surface area contributed by atoms with Crippen molar-refractivity contribution in [3.8, 4) is 5.75 Å². The number of hydrogen-bond donors (Lipinski definition) is 0. The van der Waals surface area contributed by atoms with Gasteiger partial charge < -0.3 is 9.64 Å². The molecule has 1 amide bonds. The van der Waals surface area contributed by atoms with Crippen LogP contribution >= 0.6 is 11.3 Å². The van der Waals surface area contributed by atoms with Crippen LogP contribution in [0.1, 0.15) is 0 Å². The Hall–Kier alpha value is -3.10. The third kappa shape index (κ3) is 4.81. The molecule has 0 radical (unpaired) electrons. The molecule has 0 fully saturated rings. The van der Waals surface area contributed by atoms with Crippen molar-refractivity contribution in [1.82, 2.24) is 9.88 Å². The highest BCUT2D eigenvalue weighted by atomic mass is 32.1. The lowest BCUT2D eigenvalue weighted by Crippen LogP contribution is -2.39. The van der Waals surface area contributed by atoms with E-state index in [1.54, 1.807) is 0 Å². The van der Waals surface area contributed by atoms with Crippen LogP contribution in [-0.2, 0) is 4.79 Å². The highest BCUT2D eigenvalue weighted by Gasteiger charge is 2.22. The Morgan fingerprint density at radius 3 is 2.58 bits per heavy atom. The van der Waals surface area contributed by atoms with E-state index in [1.807, 2.05) is 61.5 Å². The molecule has 0 saturated heterocycles. The zero-order chi connectivity index (χ0) is 22.0. The van der Waals surface area contributed by atoms with Gasteiger partial charge in [-0.3, -0.25) is 9.69 Å². The predicted molar refractivity (Wildman–Crippen MR) is 120 cm³/mol. The number of hydrogen-bond acceptors (Lipinski definition) is 5. The summed E-state index contributed by atoms with van der Waals surface area (Å²) in [6.07, 6.45) is 0. The van der Waals surface area contributed by atoms with Gasteiger partial charge in [-0.25, -0.2) is 13.8 Å². The van der Waals surface area contributed by atoms with Crippen molar-refractivity contribution in [2.24, 2.45) is 0 Å². The predicted octanol–water partition coefficient (Wildman–Crippen LogP) is 4.70. The second-order valence-corrected chi connectivity index (χ2v) is 8.39. The first-order valence-electron chi connectivity index (χ1n) is 9.73. The second-order valence-electron chi connectivity index (χ2n) is 7.38. The maximum absolute atomic E-state index is 14.1. The van der Waals surface area contributed by atoms with Crippen LogP contribution in [0.25, 0.3) is 21.0 Å². The summed E-state index contributed by atoms with van der Waals surface area (Å²) in [6, 6.07) is 15.5. The van der Waals surface area contributed by atoms with Crippen LogP contribution in [0.15, 0.2) is 54.6 Å². The van der Waals surface area contributed by atoms with E-state index in [0.29, 0.717) is 28.7 Å². The Labute approximate surface area is 182 Å². The first-order chi connectivity index (χ1) is 14.9. The first-order valence-corrected chi connectivity index (χ1v) is 10.5. The van der Waals surface area contributed by atoms with Gasteiger partial charge in [0, 0.05) is 19.2 Å². The Morgan fingerprint density at radius 2 is 1.81 bits per heavy atom. The average Bonchev–Trinajstić information content (AvgIpc) is 3.16. The second kappa shape index (κ2) is 8.95. The number of rotatable bonds is 7. The topological polar surface area (TPSA) is 45.7 Å². The van der Waals surface area contributed by atoms with Gasteiger partial charge in [0.15, 0.2) is 17.6 Å². The van der Waals surface area contributed by atoms with Crippen molar-refractivity contribution < 1.29 is 18.3 Å². The van der Waals surface area contributed by atoms with Crippen LogP contribution in [0, 0.1) is 11.6 Å². The lowest BCUT2D eigenvalue weighted by molar-refractivity contribution is -0.120. The summed E-state index contributed by atoms with van der Waals surface area (Å²) in [5.74, 6) is -1.15. The molecular formula is C23H21F2N3O2S. The number of amides is 1. The molecule has 0 saturated carbocycles. The number of carbonyl (C=O) groups is 1. The van der Waals surface area contributed by atoms with Crippen molar-refractivity contribution in [2.75, 3.05) is 38.7 Å². The van der Waals surface area contributed by atoms with E-state index in [-0.39, 0.29) is 18.0 Å². The fourth-order valence-electron chi connectivity index (χ4n) is 3.17. The number of halogens is 2. The number of thiazole rings is 1. The third-order valence-corrected chi connectivity index (χ3v) is 5.81. The highest BCUT2D eigenvalue weighted by Crippen LogP contribution is 2.31. The lowest BCUT2D eigenvalue weighted by Gasteiger charge is -2.22. The molecule has 1 aromatic heterocycles. The van der Waals surface area contributed by atoms with E-state index in [9.17, 15) is 13.6 Å². The number of aromatic nitrogens is 1. The Bertz CT molecular complexity index is 1240. The van der Waals surface area contributed by atoms with Crippen LogP contribution in [-0.4, -0.2) is 49.6 Å². The van der Waals surface area contributed by atoms with E-state index in [0.717, 1.165) is 28.2 Å². The lowest BCUT2D eigenvalue weighted by atomic mass is 10.1. The quantitative estimate of drug-likeness (QED) is 0.417. The fourth-order valence-corrected chi connectivity index (χ4v) is 4.22. The fraction of sp³-hybridized carbons (Fsp3) is 0.217. The molecule has 0 spiro atoms. The first kappa shape index (κ1) is 21.1. The number of ether oxygens (including phenoxy) is 1. The molecule has 0 unspecified atom stereocenters. The van der Waals surface area contributed by atoms with Crippen LogP contribution in [0.2, 0.25) is 0 Å². The number of benzene rings is 3. The molecular weight excluding hydrogens is 420 g/mol. The van der Waals surface area contributed by atoms with Crippen LogP contribution < -0.4 is 9.64 Å². The summed E-state index contributed by atoms with van der Waals surface area (Å²) < 4.78 is 33.8. The molecule has 3 aromatic carbocycles. The van der Waals surface area contributed by atoms with Gasteiger partial charge in [0.2, 0.25) is 0 Å². The molecule has 0 aliphatic rings. The standard InChI is InChI=1S/C23H21F2N3O2S/c1-27(2)9-10-28(23-26-22-19(25)12-17(24)13-20(22)31-23)21(29)14-30-18-8-7-15-5-3-4-6-16(15)11-18/h3-8,11-13H,9-10,14H2,1-2H3. The van der Waals surface area contributed by atoms with Crippen molar-refractivity contribution in [3.05, 3.63) is 66.2 Å². The van der Waals surface area contributed by atoms with Gasteiger partial charge in [0.1, 0.15) is 17.1 Å². The van der Waals surface area contributed by atoms with Gasteiger partial charge >= 0.3 is 0 Å². The number of fused-ring (bicyclic) bond motifs is 2. The molecule has 8 heteroatoms. The summed E-state index contributed by atoms with van der Waals surface area (Å²) in [5.41, 5.74) is 0.0551. The Kier molecular flexibility index (Phi) is 6.11. The molecule has 5 nitrogen and oxygen atoms in total. The minimum Gasteiger partial charge on any atom is -0.484 e. The van der Waals surface area contributed by atoms with E-state index in [2.05, 4.69) is 4.98 Å². The van der Waals surface area contributed by atoms with Gasteiger partial charge in [-0.2, -0.15) is 0 Å². The van der Waals surface area contributed by atoms with Crippen molar-refractivity contribution >= 4 is 43.4 Å². The minimum absolute atomic E-state index is 0.0551. The van der Waals surface area contributed by atoms with Crippen molar-refractivity contribution in [1.29, 1.82) is 0 Å². The summed E-state index contributed by atoms with van der Waals surface area (Å²) in [5, 5.41) is 2.41. The molecule has 4 aromatic rings. The highest BCUT2D eigenvalue weighted by molar-refractivity contribution is 7.22. The van der Waals surface area contributed by atoms with Gasteiger partial charge in [0.25, 0.3) is 5.91 Å². The summed E-state index contributed by atoms with van der Waals surface area (Å²) in [4.78, 5) is 20.6. The van der Waals surface area contributed by atoms with Gasteiger partial charge in [-0.15, -0.1) is 0 Å². The Balaban J connectivity index is 1.56. The summed E-state index contributed by atoms with van der Waals surface area (Å²) in [6.45, 7) is 0.726. The van der Waals surface area contributed by atoms with Crippen molar-refractivity contribution in [3.63, 3.8) is 0 Å². The third-order valence-electron chi connectivity index (χ3n) is 4.79. The molecule has 31 heavy (non-hydrogen) atoms. The minimum atomic E-state index is -0.745. The molecule has 0 aliphatic heterocycles. The van der Waals surface area contributed by atoms with Gasteiger partial charge in [-0.05, 0) is 43.1 Å². The van der Waals surface area contributed by atoms with Gasteiger partial charge in [0.05, 0.1) is 4.70 Å². The number of nitrogens with zero attached hydrogens (tertiary/aromatic N) is 3. The Morgan fingerprint density at radius 1 is 1.03 bits per heavy atom. The number of anilines is 1. The zero-order valence-corrected chi connectivity index (χ0v) is 18.0. The zero-order valence-electron chi connectivity index (χ0n) is 17.1. The van der Waals surface area contributed by atoms with E-state index >= 15 is 0 Å². The van der Waals surface area contributed by atoms with Crippen molar-refractivity contribution in [2.45, 2.75) is 0 Å². The average molecular weight is 442 g/mol. The molecule has 0 bridgehead atoms. The maximum Gasteiger partial charge on any atom is 0.266 e. The van der Waals surface area contributed by atoms with Crippen LogP contribution in [0.3, 0.4) is 0 Å². The molecule has 0 N–H and O–H groups in total.